The average molecular weight is 260 g/mol. The fraction of sp³-hybridized carbons (Fsp3) is 0.214. The second-order valence-electron chi connectivity index (χ2n) is 4.27. The van der Waals surface area contributed by atoms with Gasteiger partial charge in [0.1, 0.15) is 0 Å². The molecule has 0 saturated carbocycles. The van der Waals surface area contributed by atoms with E-state index in [2.05, 4.69) is 33.4 Å². The van der Waals surface area contributed by atoms with Crippen LogP contribution in [0.5, 0.6) is 0 Å². The summed E-state index contributed by atoms with van der Waals surface area (Å²) in [5.74, 6) is 0.829. The Kier molecular flexibility index (Phi) is 3.17. The van der Waals surface area contributed by atoms with Crippen molar-refractivity contribution in [2.24, 2.45) is 0 Å². The Bertz CT molecular complexity index is 556. The van der Waals surface area contributed by atoms with E-state index in [1.165, 1.54) is 11.3 Å². The smallest absolute Gasteiger partial charge is 0.151 e. The lowest BCUT2D eigenvalue weighted by atomic mass is 10.1. The predicted octanol–water partition coefficient (Wildman–Crippen LogP) is 2.98. The van der Waals surface area contributed by atoms with E-state index in [1.807, 2.05) is 18.2 Å². The van der Waals surface area contributed by atoms with Crippen LogP contribution < -0.4 is 10.2 Å². The van der Waals surface area contributed by atoms with E-state index < -0.39 is 0 Å². The monoisotopic (exact) mass is 259 g/mol. The molecule has 18 heavy (non-hydrogen) atoms. The maximum Gasteiger partial charge on any atom is 0.151 e. The third-order valence-electron chi connectivity index (χ3n) is 3.10. The topological polar surface area (TPSA) is 28.2 Å². The van der Waals surface area contributed by atoms with E-state index in [0.717, 1.165) is 25.5 Å². The third kappa shape index (κ3) is 2.07. The predicted molar refractivity (Wildman–Crippen MR) is 74.4 cm³/mol. The minimum absolute atomic E-state index is 0.689. The van der Waals surface area contributed by atoms with E-state index in [9.17, 15) is 0 Å². The van der Waals surface area contributed by atoms with Crippen molar-refractivity contribution in [3.8, 4) is 0 Å². The molecule has 0 amide bonds. The maximum absolute atomic E-state index is 6.25. The molecule has 2 aromatic rings. The SMILES string of the molecule is Clc1cccnc1N1CCNCc2ccccc21. The molecule has 1 aromatic carbocycles. The molecule has 0 radical (unpaired) electrons. The van der Waals surface area contributed by atoms with Crippen LogP contribution in [-0.2, 0) is 6.54 Å². The van der Waals surface area contributed by atoms with Gasteiger partial charge in [0.25, 0.3) is 0 Å². The summed E-state index contributed by atoms with van der Waals surface area (Å²) in [5, 5.41) is 4.10. The molecule has 3 nitrogen and oxygen atoms in total. The van der Waals surface area contributed by atoms with Crippen molar-refractivity contribution in [1.29, 1.82) is 0 Å². The lowest BCUT2D eigenvalue weighted by Crippen LogP contribution is -2.25. The second kappa shape index (κ2) is 4.96. The van der Waals surface area contributed by atoms with Crippen LogP contribution in [0, 0.1) is 0 Å². The first-order valence-electron chi connectivity index (χ1n) is 6.03. The number of benzene rings is 1. The van der Waals surface area contributed by atoms with Gasteiger partial charge < -0.3 is 10.2 Å². The number of nitrogens with zero attached hydrogens (tertiary/aromatic N) is 2. The van der Waals surface area contributed by atoms with E-state index in [0.29, 0.717) is 5.02 Å². The molecule has 1 N–H and O–H groups in total. The quantitative estimate of drug-likeness (QED) is 0.853. The number of hydrogen-bond acceptors (Lipinski definition) is 3. The van der Waals surface area contributed by atoms with Crippen LogP contribution in [0.3, 0.4) is 0 Å². The average Bonchev–Trinajstić information content (AvgIpc) is 2.62. The van der Waals surface area contributed by atoms with Crippen molar-refractivity contribution < 1.29 is 0 Å². The first-order valence-corrected chi connectivity index (χ1v) is 6.41. The molecule has 1 aromatic heterocycles. The largest absolute Gasteiger partial charge is 0.324 e. The Hall–Kier alpha value is -1.58. The van der Waals surface area contributed by atoms with Crippen molar-refractivity contribution >= 4 is 23.1 Å². The van der Waals surface area contributed by atoms with Gasteiger partial charge in [0, 0.05) is 31.5 Å². The summed E-state index contributed by atoms with van der Waals surface area (Å²) in [6, 6.07) is 12.1. The number of hydrogen-bond donors (Lipinski definition) is 1. The molecule has 92 valence electrons. The van der Waals surface area contributed by atoms with Gasteiger partial charge in [0.2, 0.25) is 0 Å². The number of pyridine rings is 1. The Balaban J connectivity index is 2.10. The molecular weight excluding hydrogens is 246 g/mol. The standard InChI is InChI=1S/C14H14ClN3/c15-12-5-3-7-17-14(12)18-9-8-16-10-11-4-1-2-6-13(11)18/h1-7,16H,8-10H2. The van der Waals surface area contributed by atoms with Crippen molar-refractivity contribution in [2.75, 3.05) is 18.0 Å². The Morgan fingerprint density at radius 2 is 2.06 bits per heavy atom. The van der Waals surface area contributed by atoms with E-state index >= 15 is 0 Å². The molecule has 0 aliphatic carbocycles. The molecule has 1 aliphatic heterocycles. The number of nitrogens with one attached hydrogen (secondary N) is 1. The lowest BCUT2D eigenvalue weighted by Gasteiger charge is -2.24. The third-order valence-corrected chi connectivity index (χ3v) is 3.40. The minimum Gasteiger partial charge on any atom is -0.324 e. The molecule has 0 bridgehead atoms. The van der Waals surface area contributed by atoms with Crippen LogP contribution in [0.1, 0.15) is 5.56 Å². The zero-order chi connectivity index (χ0) is 12.4. The second-order valence-corrected chi connectivity index (χ2v) is 4.67. The van der Waals surface area contributed by atoms with Crippen LogP contribution in [-0.4, -0.2) is 18.1 Å². The fourth-order valence-electron chi connectivity index (χ4n) is 2.25. The summed E-state index contributed by atoms with van der Waals surface area (Å²) in [6.07, 6.45) is 1.78. The van der Waals surface area contributed by atoms with E-state index in [4.69, 9.17) is 11.6 Å². The maximum atomic E-state index is 6.25. The van der Waals surface area contributed by atoms with E-state index in [1.54, 1.807) is 6.20 Å². The molecule has 3 rings (SSSR count). The first-order chi connectivity index (χ1) is 8.86. The van der Waals surface area contributed by atoms with Gasteiger partial charge in [-0.15, -0.1) is 0 Å². The first kappa shape index (κ1) is 11.5. The van der Waals surface area contributed by atoms with Crippen molar-refractivity contribution in [1.82, 2.24) is 10.3 Å². The van der Waals surface area contributed by atoms with Crippen LogP contribution in [0.15, 0.2) is 42.6 Å². The molecule has 0 atom stereocenters. The Morgan fingerprint density at radius 3 is 2.94 bits per heavy atom. The van der Waals surface area contributed by atoms with E-state index in [-0.39, 0.29) is 0 Å². The number of para-hydroxylation sites is 1. The summed E-state index contributed by atoms with van der Waals surface area (Å²) in [4.78, 5) is 6.59. The summed E-state index contributed by atoms with van der Waals surface area (Å²) >= 11 is 6.25. The molecule has 0 unspecified atom stereocenters. The molecule has 4 heteroatoms. The van der Waals surface area contributed by atoms with Crippen molar-refractivity contribution in [3.05, 3.63) is 53.2 Å². The highest BCUT2D eigenvalue weighted by Gasteiger charge is 2.18. The highest BCUT2D eigenvalue weighted by atomic mass is 35.5. The van der Waals surface area contributed by atoms with Crippen LogP contribution in [0.2, 0.25) is 5.02 Å². The zero-order valence-electron chi connectivity index (χ0n) is 9.94. The Labute approximate surface area is 111 Å². The van der Waals surface area contributed by atoms with Crippen LogP contribution in [0.4, 0.5) is 11.5 Å². The number of aromatic nitrogens is 1. The number of fused-ring (bicyclic) bond motifs is 1. The van der Waals surface area contributed by atoms with Gasteiger partial charge in [0.15, 0.2) is 5.82 Å². The van der Waals surface area contributed by atoms with Crippen LogP contribution in [0.25, 0.3) is 0 Å². The zero-order valence-corrected chi connectivity index (χ0v) is 10.7. The van der Waals surface area contributed by atoms with Gasteiger partial charge in [-0.2, -0.15) is 0 Å². The summed E-state index contributed by atoms with van der Waals surface area (Å²) in [6.45, 7) is 2.67. The summed E-state index contributed by atoms with van der Waals surface area (Å²) in [5.41, 5.74) is 2.46. The molecule has 2 heterocycles. The number of anilines is 2. The number of rotatable bonds is 1. The van der Waals surface area contributed by atoms with Gasteiger partial charge in [-0.3, -0.25) is 0 Å². The molecule has 0 saturated heterocycles. The highest BCUT2D eigenvalue weighted by Crippen LogP contribution is 2.32. The Morgan fingerprint density at radius 1 is 1.17 bits per heavy atom. The van der Waals surface area contributed by atoms with Gasteiger partial charge in [0.05, 0.1) is 5.02 Å². The van der Waals surface area contributed by atoms with Gasteiger partial charge in [-0.25, -0.2) is 4.98 Å². The molecular formula is C14H14ClN3. The normalized spacial score (nSPS) is 15.1. The highest BCUT2D eigenvalue weighted by molar-refractivity contribution is 6.33. The minimum atomic E-state index is 0.689. The lowest BCUT2D eigenvalue weighted by molar-refractivity contribution is 0.711. The summed E-state index contributed by atoms with van der Waals surface area (Å²) in [7, 11) is 0. The van der Waals surface area contributed by atoms with Crippen LogP contribution >= 0.6 is 11.6 Å². The number of halogens is 1. The molecule has 0 fully saturated rings. The van der Waals surface area contributed by atoms with Gasteiger partial charge in [-0.05, 0) is 23.8 Å². The fourth-order valence-corrected chi connectivity index (χ4v) is 2.48. The van der Waals surface area contributed by atoms with Crippen molar-refractivity contribution in [3.63, 3.8) is 0 Å². The summed E-state index contributed by atoms with van der Waals surface area (Å²) < 4.78 is 0. The van der Waals surface area contributed by atoms with Crippen molar-refractivity contribution in [2.45, 2.75) is 6.54 Å². The van der Waals surface area contributed by atoms with Gasteiger partial charge >= 0.3 is 0 Å². The molecule has 0 spiro atoms. The molecule has 1 aliphatic rings. The van der Waals surface area contributed by atoms with Gasteiger partial charge in [-0.1, -0.05) is 29.8 Å².